The van der Waals surface area contributed by atoms with Crippen LogP contribution in [0.3, 0.4) is 0 Å². The molecule has 2 amide bonds. The highest BCUT2D eigenvalue weighted by molar-refractivity contribution is 6.48. The lowest BCUT2D eigenvalue weighted by molar-refractivity contribution is -0.136. The van der Waals surface area contributed by atoms with Gasteiger partial charge in [-0.25, -0.2) is 9.69 Å². The first-order valence-electron chi connectivity index (χ1n) is 7.12. The Morgan fingerprint density at radius 2 is 1.92 bits per heavy atom. The van der Waals surface area contributed by atoms with E-state index in [-0.39, 0.29) is 28.1 Å². The quantitative estimate of drug-likeness (QED) is 0.444. The molecule has 1 aromatic carbocycles. The molecule has 3 rings (SSSR count). The molecule has 0 radical (unpaired) electrons. The van der Waals surface area contributed by atoms with Gasteiger partial charge >= 0.3 is 5.97 Å². The zero-order chi connectivity index (χ0) is 18.3. The van der Waals surface area contributed by atoms with Crippen molar-refractivity contribution in [2.75, 3.05) is 11.5 Å². The Bertz CT molecular complexity index is 807. The molecular formula is C14H10Cl2N4O5. The van der Waals surface area contributed by atoms with E-state index in [9.17, 15) is 19.3 Å². The summed E-state index contributed by atoms with van der Waals surface area (Å²) in [4.78, 5) is 49.3. The zero-order valence-corrected chi connectivity index (χ0v) is 14.2. The minimum absolute atomic E-state index is 0.0238. The first-order valence-corrected chi connectivity index (χ1v) is 7.87. The third kappa shape index (κ3) is 2.56. The average Bonchev–Trinajstić information content (AvgIpc) is 3.07. The Morgan fingerprint density at radius 1 is 1.28 bits per heavy atom. The maximum Gasteiger partial charge on any atom is 0.355 e. The molecule has 0 saturated carbocycles. The third-order valence-electron chi connectivity index (χ3n) is 3.76. The largest absolute Gasteiger partial charge is 0.461 e. The summed E-state index contributed by atoms with van der Waals surface area (Å²) in [6.45, 7) is 1.60. The van der Waals surface area contributed by atoms with Crippen molar-refractivity contribution in [3.8, 4) is 0 Å². The lowest BCUT2D eigenvalue weighted by Crippen LogP contribution is -2.37. The van der Waals surface area contributed by atoms with Gasteiger partial charge in [-0.2, -0.15) is 0 Å². The van der Waals surface area contributed by atoms with E-state index in [1.165, 1.54) is 12.1 Å². The molecule has 25 heavy (non-hydrogen) atoms. The van der Waals surface area contributed by atoms with Gasteiger partial charge < -0.3 is 4.74 Å². The van der Waals surface area contributed by atoms with Crippen molar-refractivity contribution >= 4 is 52.4 Å². The number of carbonyl (C=O) groups is 3. The maximum absolute atomic E-state index is 12.8. The SMILES string of the molecule is CCOC(=O)C1=NN(N=O)[C@H]2C(=O)N(c3c(Cl)cccc3Cl)C(=O)[C@@H]12. The number of nitroso groups, excluding NO2 is 1. The van der Waals surface area contributed by atoms with E-state index in [1.54, 1.807) is 13.0 Å². The van der Waals surface area contributed by atoms with Crippen molar-refractivity contribution in [3.63, 3.8) is 0 Å². The van der Waals surface area contributed by atoms with E-state index >= 15 is 0 Å². The predicted molar refractivity (Wildman–Crippen MR) is 87.9 cm³/mol. The number of halogens is 2. The van der Waals surface area contributed by atoms with Crippen LogP contribution >= 0.6 is 23.2 Å². The second-order valence-corrected chi connectivity index (χ2v) is 5.93. The summed E-state index contributed by atoms with van der Waals surface area (Å²) in [5.41, 5.74) is -0.389. The van der Waals surface area contributed by atoms with Gasteiger partial charge in [0.2, 0.25) is 5.91 Å². The molecule has 1 fully saturated rings. The summed E-state index contributed by atoms with van der Waals surface area (Å²) >= 11 is 12.1. The summed E-state index contributed by atoms with van der Waals surface area (Å²) in [7, 11) is 0. The number of carbonyl (C=O) groups excluding carboxylic acids is 3. The highest BCUT2D eigenvalue weighted by Crippen LogP contribution is 2.41. The molecule has 0 aliphatic carbocycles. The number of rotatable bonds is 4. The van der Waals surface area contributed by atoms with Gasteiger partial charge in [0, 0.05) is 0 Å². The molecule has 0 aromatic heterocycles. The Hall–Kier alpha value is -2.52. The van der Waals surface area contributed by atoms with Gasteiger partial charge in [-0.1, -0.05) is 29.3 Å². The second kappa shape index (κ2) is 6.41. The smallest absolute Gasteiger partial charge is 0.355 e. The average molecular weight is 385 g/mol. The van der Waals surface area contributed by atoms with E-state index in [2.05, 4.69) is 10.4 Å². The molecule has 1 aromatic rings. The Morgan fingerprint density at radius 3 is 2.48 bits per heavy atom. The minimum atomic E-state index is -1.38. The van der Waals surface area contributed by atoms with Crippen molar-refractivity contribution in [2.24, 2.45) is 16.3 Å². The fraction of sp³-hybridized carbons (Fsp3) is 0.286. The summed E-state index contributed by atoms with van der Waals surface area (Å²) in [6.07, 6.45) is 0. The van der Waals surface area contributed by atoms with Gasteiger partial charge in [0.25, 0.3) is 5.91 Å². The van der Waals surface area contributed by atoms with Crippen molar-refractivity contribution in [1.82, 2.24) is 5.12 Å². The van der Waals surface area contributed by atoms with E-state index in [1.807, 2.05) is 0 Å². The number of nitrogens with zero attached hydrogens (tertiary/aromatic N) is 4. The summed E-state index contributed by atoms with van der Waals surface area (Å²) in [5.74, 6) is -3.83. The van der Waals surface area contributed by atoms with Crippen molar-refractivity contribution in [1.29, 1.82) is 0 Å². The van der Waals surface area contributed by atoms with Crippen LogP contribution in [0.1, 0.15) is 6.92 Å². The Labute approximate surface area is 151 Å². The number of esters is 1. The molecule has 0 spiro atoms. The summed E-state index contributed by atoms with van der Waals surface area (Å²) in [6, 6.07) is 3.07. The van der Waals surface area contributed by atoms with Gasteiger partial charge in [0.1, 0.15) is 5.92 Å². The number of anilines is 1. The van der Waals surface area contributed by atoms with Crippen LogP contribution < -0.4 is 4.90 Å². The highest BCUT2D eigenvalue weighted by Gasteiger charge is 2.60. The van der Waals surface area contributed by atoms with Crippen LogP contribution in [0.2, 0.25) is 10.0 Å². The molecular weight excluding hydrogens is 375 g/mol. The normalized spacial score (nSPS) is 22.1. The second-order valence-electron chi connectivity index (χ2n) is 5.11. The number of para-hydroxylation sites is 1. The standard InChI is InChI=1S/C14H10Cl2N4O5/c1-2-25-14(23)9-8-11(20(17-9)18-24)13(22)19(12(8)21)10-6(15)4-3-5-7(10)16/h3-5,8,11H,2H2,1H3/t8-,11+/m0/s1. The molecule has 0 N–H and O–H groups in total. The van der Waals surface area contributed by atoms with Crippen LogP contribution in [-0.2, 0) is 19.1 Å². The number of hydrogen-bond acceptors (Lipinski definition) is 7. The number of fused-ring (bicyclic) bond motifs is 1. The molecule has 9 nitrogen and oxygen atoms in total. The first kappa shape index (κ1) is 17.3. The first-order chi connectivity index (χ1) is 11.9. The van der Waals surface area contributed by atoms with E-state index in [0.717, 1.165) is 4.90 Å². The Kier molecular flexibility index (Phi) is 4.44. The number of hydrogen-bond donors (Lipinski definition) is 0. The molecule has 130 valence electrons. The molecule has 2 atom stereocenters. The number of benzene rings is 1. The van der Waals surface area contributed by atoms with Crippen LogP contribution in [0.25, 0.3) is 0 Å². The van der Waals surface area contributed by atoms with Gasteiger partial charge in [0.05, 0.1) is 27.6 Å². The molecule has 2 aliphatic heterocycles. The van der Waals surface area contributed by atoms with Crippen LogP contribution in [-0.4, -0.2) is 41.3 Å². The van der Waals surface area contributed by atoms with Gasteiger partial charge in [-0.05, 0) is 19.1 Å². The van der Waals surface area contributed by atoms with E-state index < -0.39 is 29.7 Å². The monoisotopic (exact) mass is 384 g/mol. The molecule has 2 heterocycles. The summed E-state index contributed by atoms with van der Waals surface area (Å²) < 4.78 is 4.82. The van der Waals surface area contributed by atoms with Gasteiger partial charge in [-0.3, -0.25) is 9.59 Å². The molecule has 0 bridgehead atoms. The number of hydrazone groups is 1. The molecule has 2 aliphatic rings. The zero-order valence-electron chi connectivity index (χ0n) is 12.7. The van der Waals surface area contributed by atoms with Crippen LogP contribution in [0.15, 0.2) is 28.6 Å². The van der Waals surface area contributed by atoms with Crippen LogP contribution in [0.4, 0.5) is 5.69 Å². The fourth-order valence-electron chi connectivity index (χ4n) is 2.76. The predicted octanol–water partition coefficient (Wildman–Crippen LogP) is 1.77. The molecule has 0 unspecified atom stereocenters. The minimum Gasteiger partial charge on any atom is -0.461 e. The summed E-state index contributed by atoms with van der Waals surface area (Å²) in [5, 5.41) is 6.87. The van der Waals surface area contributed by atoms with Crippen molar-refractivity contribution < 1.29 is 19.1 Å². The van der Waals surface area contributed by atoms with E-state index in [0.29, 0.717) is 5.12 Å². The number of imide groups is 1. The van der Waals surface area contributed by atoms with Gasteiger partial charge in [0.15, 0.2) is 11.8 Å². The number of ether oxygens (including phenoxy) is 1. The Balaban J connectivity index is 2.07. The number of amides is 2. The van der Waals surface area contributed by atoms with Gasteiger partial charge in [-0.15, -0.1) is 15.1 Å². The molecule has 1 saturated heterocycles. The van der Waals surface area contributed by atoms with Crippen molar-refractivity contribution in [2.45, 2.75) is 13.0 Å². The van der Waals surface area contributed by atoms with Crippen molar-refractivity contribution in [3.05, 3.63) is 33.2 Å². The lowest BCUT2D eigenvalue weighted by Gasteiger charge is -2.19. The van der Waals surface area contributed by atoms with Crippen LogP contribution in [0.5, 0.6) is 0 Å². The maximum atomic E-state index is 12.8. The van der Waals surface area contributed by atoms with Crippen LogP contribution in [0, 0.1) is 10.8 Å². The molecule has 11 heteroatoms. The highest BCUT2D eigenvalue weighted by atomic mass is 35.5. The van der Waals surface area contributed by atoms with E-state index in [4.69, 9.17) is 27.9 Å². The lowest BCUT2D eigenvalue weighted by atomic mass is 9.98. The third-order valence-corrected chi connectivity index (χ3v) is 4.37. The topological polar surface area (TPSA) is 109 Å². The fourth-order valence-corrected chi connectivity index (χ4v) is 3.32.